The second-order valence-electron chi connectivity index (χ2n) is 5.82. The van der Waals surface area contributed by atoms with Crippen LogP contribution < -0.4 is 5.32 Å². The van der Waals surface area contributed by atoms with Gasteiger partial charge in [0.05, 0.1) is 5.56 Å². The van der Waals surface area contributed by atoms with Crippen LogP contribution in [0, 0.1) is 12.7 Å². The molecule has 116 valence electrons. The molecule has 1 N–H and O–H groups in total. The Labute approximate surface area is 132 Å². The van der Waals surface area contributed by atoms with Crippen LogP contribution in [0.5, 0.6) is 0 Å². The number of hydrogen-bond donors (Lipinski definition) is 1. The van der Waals surface area contributed by atoms with Gasteiger partial charge in [0.25, 0.3) is 5.91 Å². The van der Waals surface area contributed by atoms with E-state index in [4.69, 9.17) is 0 Å². The quantitative estimate of drug-likeness (QED) is 0.809. The second-order valence-corrected chi connectivity index (χ2v) is 5.82. The lowest BCUT2D eigenvalue weighted by atomic mass is 10.0. The zero-order valence-corrected chi connectivity index (χ0v) is 12.6. The fraction of sp³-hybridized carbons (Fsp3) is 0.235. The smallest absolute Gasteiger partial charge is 0.272 e. The summed E-state index contributed by atoms with van der Waals surface area (Å²) in [5, 5.41) is 7.27. The summed E-state index contributed by atoms with van der Waals surface area (Å²) in [4.78, 5) is 16.8. The molecule has 0 atom stereocenters. The lowest BCUT2D eigenvalue weighted by molar-refractivity contribution is 0.0946. The highest BCUT2D eigenvalue weighted by atomic mass is 19.1. The number of rotatable bonds is 3. The van der Waals surface area contributed by atoms with Gasteiger partial charge in [-0.15, -0.1) is 0 Å². The highest BCUT2D eigenvalue weighted by Crippen LogP contribution is 2.29. The van der Waals surface area contributed by atoms with Gasteiger partial charge in [-0.3, -0.25) is 4.79 Å². The number of benzene rings is 1. The number of aromatic nitrogens is 3. The van der Waals surface area contributed by atoms with Crippen LogP contribution in [-0.4, -0.2) is 26.5 Å². The van der Waals surface area contributed by atoms with Gasteiger partial charge in [-0.2, -0.15) is 5.10 Å². The molecule has 4 rings (SSSR count). The largest absolute Gasteiger partial charge is 0.348 e. The first-order valence-electron chi connectivity index (χ1n) is 7.54. The van der Waals surface area contributed by atoms with Crippen molar-refractivity contribution >= 4 is 11.6 Å². The molecule has 0 spiro atoms. The second kappa shape index (κ2) is 5.15. The van der Waals surface area contributed by atoms with Crippen molar-refractivity contribution in [3.8, 4) is 11.1 Å². The molecule has 1 fully saturated rings. The highest BCUT2D eigenvalue weighted by Gasteiger charge is 2.28. The summed E-state index contributed by atoms with van der Waals surface area (Å²) in [6.07, 6.45) is 5.34. The van der Waals surface area contributed by atoms with Crippen LogP contribution in [-0.2, 0) is 0 Å². The number of halogens is 1. The third-order valence-corrected chi connectivity index (χ3v) is 3.98. The first-order chi connectivity index (χ1) is 11.1. The van der Waals surface area contributed by atoms with E-state index >= 15 is 0 Å². The van der Waals surface area contributed by atoms with Crippen LogP contribution in [0.4, 0.5) is 4.39 Å². The molecule has 3 aromatic rings. The van der Waals surface area contributed by atoms with Crippen LogP contribution in [0.15, 0.2) is 36.7 Å². The molecular formula is C17H15FN4O. The standard InChI is InChI=1S/C17H15FN4O/c1-10-3-4-11(9-13(10)18)14-15(17(23)20-12-5-6-12)21-22-8-2-7-19-16(14)22/h2-4,7-9,12H,5-6H2,1H3,(H,20,23). The molecule has 1 saturated carbocycles. The van der Waals surface area contributed by atoms with Crippen molar-refractivity contribution in [1.29, 1.82) is 0 Å². The Balaban J connectivity index is 1.91. The number of aryl methyl sites for hydroxylation is 1. The first-order valence-corrected chi connectivity index (χ1v) is 7.54. The van der Waals surface area contributed by atoms with Gasteiger partial charge in [0, 0.05) is 18.4 Å². The molecular weight excluding hydrogens is 295 g/mol. The van der Waals surface area contributed by atoms with Crippen LogP contribution in [0.3, 0.4) is 0 Å². The molecule has 2 aromatic heterocycles. The van der Waals surface area contributed by atoms with Crippen molar-refractivity contribution in [2.45, 2.75) is 25.8 Å². The molecule has 6 heteroatoms. The summed E-state index contributed by atoms with van der Waals surface area (Å²) >= 11 is 0. The molecule has 0 saturated heterocycles. The minimum atomic E-state index is -0.314. The number of amides is 1. The van der Waals surface area contributed by atoms with Gasteiger partial charge < -0.3 is 5.32 Å². The molecule has 0 bridgehead atoms. The van der Waals surface area contributed by atoms with Gasteiger partial charge in [-0.25, -0.2) is 13.9 Å². The molecule has 0 aliphatic heterocycles. The van der Waals surface area contributed by atoms with Crippen LogP contribution in [0.25, 0.3) is 16.8 Å². The topological polar surface area (TPSA) is 59.3 Å². The Kier molecular flexibility index (Phi) is 3.11. The maximum Gasteiger partial charge on any atom is 0.272 e. The number of carbonyl (C=O) groups excluding carboxylic acids is 1. The SMILES string of the molecule is Cc1ccc(-c2c(C(=O)NC3CC3)nn3cccnc23)cc1F. The Morgan fingerprint density at radius 3 is 2.96 bits per heavy atom. The zero-order valence-electron chi connectivity index (χ0n) is 12.6. The lowest BCUT2D eigenvalue weighted by Crippen LogP contribution is -2.26. The van der Waals surface area contributed by atoms with Gasteiger partial charge >= 0.3 is 0 Å². The molecule has 5 nitrogen and oxygen atoms in total. The number of nitrogens with one attached hydrogen (secondary N) is 1. The predicted molar refractivity (Wildman–Crippen MR) is 83.6 cm³/mol. The predicted octanol–water partition coefficient (Wildman–Crippen LogP) is 2.74. The molecule has 23 heavy (non-hydrogen) atoms. The minimum Gasteiger partial charge on any atom is -0.348 e. The monoisotopic (exact) mass is 310 g/mol. The summed E-state index contributed by atoms with van der Waals surface area (Å²) in [7, 11) is 0. The van der Waals surface area contributed by atoms with E-state index in [1.165, 1.54) is 6.07 Å². The van der Waals surface area contributed by atoms with Crippen LogP contribution in [0.2, 0.25) is 0 Å². The highest BCUT2D eigenvalue weighted by molar-refractivity contribution is 6.03. The van der Waals surface area contributed by atoms with Gasteiger partial charge in [-0.1, -0.05) is 12.1 Å². The molecule has 1 aliphatic rings. The Morgan fingerprint density at radius 1 is 1.39 bits per heavy atom. The summed E-state index contributed by atoms with van der Waals surface area (Å²) in [6, 6.07) is 6.87. The maximum atomic E-state index is 14.0. The number of fused-ring (bicyclic) bond motifs is 1. The fourth-order valence-electron chi connectivity index (χ4n) is 2.54. The molecule has 1 amide bonds. The lowest BCUT2D eigenvalue weighted by Gasteiger charge is -2.05. The number of hydrogen-bond acceptors (Lipinski definition) is 3. The van der Waals surface area contributed by atoms with E-state index in [9.17, 15) is 9.18 Å². The Hall–Kier alpha value is -2.76. The molecule has 0 unspecified atom stereocenters. The normalized spacial score (nSPS) is 14.2. The van der Waals surface area contributed by atoms with E-state index in [1.807, 2.05) is 0 Å². The molecule has 1 aromatic carbocycles. The average molecular weight is 310 g/mol. The fourth-order valence-corrected chi connectivity index (χ4v) is 2.54. The Bertz CT molecular complexity index is 914. The Morgan fingerprint density at radius 2 is 2.22 bits per heavy atom. The van der Waals surface area contributed by atoms with Crippen molar-refractivity contribution in [1.82, 2.24) is 19.9 Å². The third-order valence-electron chi connectivity index (χ3n) is 3.98. The molecule has 2 heterocycles. The van der Waals surface area contributed by atoms with Crippen LogP contribution >= 0.6 is 0 Å². The number of carbonyl (C=O) groups is 1. The summed E-state index contributed by atoms with van der Waals surface area (Å²) < 4.78 is 15.5. The third kappa shape index (κ3) is 2.46. The van der Waals surface area contributed by atoms with E-state index in [-0.39, 0.29) is 23.5 Å². The summed E-state index contributed by atoms with van der Waals surface area (Å²) in [5.41, 5.74) is 2.53. The van der Waals surface area contributed by atoms with Crippen molar-refractivity contribution in [3.63, 3.8) is 0 Å². The van der Waals surface area contributed by atoms with E-state index < -0.39 is 0 Å². The van der Waals surface area contributed by atoms with Gasteiger partial charge in [0.1, 0.15) is 5.82 Å². The van der Waals surface area contributed by atoms with Gasteiger partial charge in [-0.05, 0) is 43.0 Å². The van der Waals surface area contributed by atoms with Crippen molar-refractivity contribution in [3.05, 3.63) is 53.7 Å². The van der Waals surface area contributed by atoms with Crippen molar-refractivity contribution in [2.24, 2.45) is 0 Å². The van der Waals surface area contributed by atoms with Gasteiger partial charge in [0.15, 0.2) is 11.3 Å². The number of nitrogens with zero attached hydrogens (tertiary/aromatic N) is 3. The van der Waals surface area contributed by atoms with Gasteiger partial charge in [0.2, 0.25) is 0 Å². The molecule has 0 radical (unpaired) electrons. The van der Waals surface area contributed by atoms with E-state index in [2.05, 4.69) is 15.4 Å². The van der Waals surface area contributed by atoms with E-state index in [0.717, 1.165) is 12.8 Å². The van der Waals surface area contributed by atoms with Crippen molar-refractivity contribution < 1.29 is 9.18 Å². The van der Waals surface area contributed by atoms with E-state index in [1.54, 1.807) is 42.0 Å². The maximum absolute atomic E-state index is 14.0. The van der Waals surface area contributed by atoms with Crippen LogP contribution in [0.1, 0.15) is 28.9 Å². The summed E-state index contributed by atoms with van der Waals surface area (Å²) in [5.74, 6) is -0.555. The zero-order chi connectivity index (χ0) is 16.0. The average Bonchev–Trinajstić information content (AvgIpc) is 3.27. The summed E-state index contributed by atoms with van der Waals surface area (Å²) in [6.45, 7) is 1.70. The van der Waals surface area contributed by atoms with E-state index in [0.29, 0.717) is 22.3 Å². The first kappa shape index (κ1) is 13.9. The van der Waals surface area contributed by atoms with Crippen molar-refractivity contribution in [2.75, 3.05) is 0 Å². The minimum absolute atomic E-state index is 0.225. The molecule has 1 aliphatic carbocycles.